The van der Waals surface area contributed by atoms with E-state index in [0.29, 0.717) is 11.6 Å². The van der Waals surface area contributed by atoms with Crippen LogP contribution >= 0.6 is 0 Å². The molecule has 0 radical (unpaired) electrons. The van der Waals surface area contributed by atoms with Crippen molar-refractivity contribution in [2.75, 3.05) is 5.32 Å². The lowest BCUT2D eigenvalue weighted by Crippen LogP contribution is -2.38. The van der Waals surface area contributed by atoms with Gasteiger partial charge in [-0.05, 0) is 36.5 Å². The summed E-state index contributed by atoms with van der Waals surface area (Å²) in [6, 6.07) is 5.98. The minimum absolute atomic E-state index is 0.0916. The second-order valence-electron chi connectivity index (χ2n) is 5.72. The summed E-state index contributed by atoms with van der Waals surface area (Å²) in [7, 11) is 1.79. The molecule has 2 amide bonds. The van der Waals surface area contributed by atoms with E-state index in [1.807, 2.05) is 0 Å². The number of hydrogen-bond donors (Lipinski definition) is 2. The molecular weight excluding hydrogens is 283 g/mol. The van der Waals surface area contributed by atoms with E-state index >= 15 is 0 Å². The van der Waals surface area contributed by atoms with E-state index in [0.717, 1.165) is 18.4 Å². The van der Waals surface area contributed by atoms with Crippen LogP contribution in [0.2, 0.25) is 0 Å². The van der Waals surface area contributed by atoms with Crippen LogP contribution in [0, 0.1) is 11.7 Å². The van der Waals surface area contributed by atoms with Crippen molar-refractivity contribution in [2.24, 2.45) is 13.0 Å². The van der Waals surface area contributed by atoms with E-state index in [1.165, 1.54) is 18.6 Å². The normalized spacial score (nSPS) is 15.9. The van der Waals surface area contributed by atoms with Gasteiger partial charge in [-0.3, -0.25) is 4.68 Å². The zero-order valence-corrected chi connectivity index (χ0v) is 12.4. The number of halogens is 1. The molecule has 1 fully saturated rings. The first kappa shape index (κ1) is 14.6. The number of carbonyl (C=O) groups excluding carboxylic acids is 1. The highest BCUT2D eigenvalue weighted by molar-refractivity contribution is 5.89. The summed E-state index contributed by atoms with van der Waals surface area (Å²) in [5.41, 5.74) is 1.58. The molecule has 1 aromatic heterocycles. The zero-order chi connectivity index (χ0) is 15.5. The number of amides is 2. The summed E-state index contributed by atoms with van der Waals surface area (Å²) < 4.78 is 14.7. The Kier molecular flexibility index (Phi) is 4.09. The maximum absolute atomic E-state index is 13.1. The van der Waals surface area contributed by atoms with Gasteiger partial charge in [-0.2, -0.15) is 5.10 Å². The predicted molar refractivity (Wildman–Crippen MR) is 81.8 cm³/mol. The lowest BCUT2D eigenvalue weighted by molar-refractivity contribution is 0.216. The maximum atomic E-state index is 13.1. The smallest absolute Gasteiger partial charge is 0.319 e. The molecule has 5 nitrogen and oxygen atoms in total. The molecule has 0 spiro atoms. The summed E-state index contributed by atoms with van der Waals surface area (Å²) in [5.74, 6) is 0.140. The van der Waals surface area contributed by atoms with E-state index in [2.05, 4.69) is 15.7 Å². The second-order valence-corrected chi connectivity index (χ2v) is 5.72. The molecule has 6 heteroatoms. The molecular formula is C16H19FN4O. The first-order chi connectivity index (χ1) is 10.6. The van der Waals surface area contributed by atoms with Crippen LogP contribution in [0.3, 0.4) is 0 Å². The van der Waals surface area contributed by atoms with Crippen LogP contribution in [0.5, 0.6) is 0 Å². The number of benzene rings is 1. The number of aryl methyl sites for hydroxylation is 1. The fourth-order valence-electron chi connectivity index (χ4n) is 2.71. The van der Waals surface area contributed by atoms with Crippen LogP contribution in [0.25, 0.3) is 0 Å². The SMILES string of the molecule is Cn1cc(NC(=O)N[C@H](c2ccc(F)cc2)C2CCC2)cn1. The third kappa shape index (κ3) is 3.27. The van der Waals surface area contributed by atoms with E-state index < -0.39 is 0 Å². The highest BCUT2D eigenvalue weighted by Crippen LogP contribution is 2.37. The van der Waals surface area contributed by atoms with E-state index in [9.17, 15) is 9.18 Å². The largest absolute Gasteiger partial charge is 0.331 e. The van der Waals surface area contributed by atoms with Crippen LogP contribution in [-0.4, -0.2) is 15.8 Å². The topological polar surface area (TPSA) is 59.0 Å². The molecule has 1 saturated carbocycles. The molecule has 0 aliphatic heterocycles. The summed E-state index contributed by atoms with van der Waals surface area (Å²) >= 11 is 0. The average molecular weight is 302 g/mol. The molecule has 3 rings (SSSR count). The van der Waals surface area contributed by atoms with Crippen molar-refractivity contribution < 1.29 is 9.18 Å². The van der Waals surface area contributed by atoms with Gasteiger partial charge in [0.15, 0.2) is 0 Å². The van der Waals surface area contributed by atoms with Crippen LogP contribution in [0.15, 0.2) is 36.7 Å². The number of urea groups is 1. The Hall–Kier alpha value is -2.37. The minimum Gasteiger partial charge on any atom is -0.331 e. The van der Waals surface area contributed by atoms with Crippen LogP contribution < -0.4 is 10.6 Å². The number of carbonyl (C=O) groups is 1. The van der Waals surface area contributed by atoms with Gasteiger partial charge < -0.3 is 10.6 Å². The van der Waals surface area contributed by atoms with E-state index in [1.54, 1.807) is 36.3 Å². The molecule has 2 N–H and O–H groups in total. The maximum Gasteiger partial charge on any atom is 0.319 e. The molecule has 1 aromatic carbocycles. The van der Waals surface area contributed by atoms with Gasteiger partial charge in [0.1, 0.15) is 5.82 Å². The van der Waals surface area contributed by atoms with Gasteiger partial charge in [0.25, 0.3) is 0 Å². The Balaban J connectivity index is 1.69. The first-order valence-electron chi connectivity index (χ1n) is 7.43. The van der Waals surface area contributed by atoms with Gasteiger partial charge in [0.2, 0.25) is 0 Å². The Morgan fingerprint density at radius 3 is 2.64 bits per heavy atom. The number of aromatic nitrogens is 2. The van der Waals surface area contributed by atoms with Gasteiger partial charge in [0.05, 0.1) is 17.9 Å². The Morgan fingerprint density at radius 2 is 2.09 bits per heavy atom. The predicted octanol–water partition coefficient (Wildman–Crippen LogP) is 3.22. The van der Waals surface area contributed by atoms with Crippen LogP contribution in [-0.2, 0) is 7.05 Å². The Labute approximate surface area is 128 Å². The molecule has 0 unspecified atom stereocenters. The number of rotatable bonds is 4. The molecule has 1 aliphatic rings. The number of anilines is 1. The van der Waals surface area contributed by atoms with E-state index in [4.69, 9.17) is 0 Å². The molecule has 1 heterocycles. The van der Waals surface area contributed by atoms with Crippen molar-refractivity contribution in [3.63, 3.8) is 0 Å². The number of hydrogen-bond acceptors (Lipinski definition) is 2. The van der Waals surface area contributed by atoms with Crippen molar-refractivity contribution in [1.29, 1.82) is 0 Å². The summed E-state index contributed by atoms with van der Waals surface area (Å²) in [6.45, 7) is 0. The lowest BCUT2D eigenvalue weighted by Gasteiger charge is -2.34. The van der Waals surface area contributed by atoms with Crippen LogP contribution in [0.4, 0.5) is 14.9 Å². The second kappa shape index (κ2) is 6.17. The van der Waals surface area contributed by atoms with Gasteiger partial charge in [-0.25, -0.2) is 9.18 Å². The molecule has 1 atom stereocenters. The van der Waals surface area contributed by atoms with Crippen molar-refractivity contribution in [3.8, 4) is 0 Å². The number of nitrogens with zero attached hydrogens (tertiary/aromatic N) is 2. The lowest BCUT2D eigenvalue weighted by atomic mass is 9.77. The third-order valence-electron chi connectivity index (χ3n) is 4.10. The molecule has 0 bridgehead atoms. The summed E-state index contributed by atoms with van der Waals surface area (Å²) in [6.07, 6.45) is 6.66. The summed E-state index contributed by atoms with van der Waals surface area (Å²) in [5, 5.41) is 9.78. The van der Waals surface area contributed by atoms with Crippen molar-refractivity contribution >= 4 is 11.7 Å². The fraction of sp³-hybridized carbons (Fsp3) is 0.375. The highest BCUT2D eigenvalue weighted by atomic mass is 19.1. The van der Waals surface area contributed by atoms with Gasteiger partial charge in [-0.1, -0.05) is 18.6 Å². The van der Waals surface area contributed by atoms with Gasteiger partial charge in [-0.15, -0.1) is 0 Å². The summed E-state index contributed by atoms with van der Waals surface area (Å²) in [4.78, 5) is 12.2. The molecule has 116 valence electrons. The van der Waals surface area contributed by atoms with Crippen molar-refractivity contribution in [1.82, 2.24) is 15.1 Å². The monoisotopic (exact) mass is 302 g/mol. The molecule has 22 heavy (non-hydrogen) atoms. The van der Waals surface area contributed by atoms with Crippen LogP contribution in [0.1, 0.15) is 30.9 Å². The van der Waals surface area contributed by atoms with Gasteiger partial charge in [0, 0.05) is 13.2 Å². The van der Waals surface area contributed by atoms with Gasteiger partial charge >= 0.3 is 6.03 Å². The fourth-order valence-corrected chi connectivity index (χ4v) is 2.71. The Morgan fingerprint density at radius 1 is 1.36 bits per heavy atom. The molecule has 0 saturated heterocycles. The zero-order valence-electron chi connectivity index (χ0n) is 12.4. The average Bonchev–Trinajstić information content (AvgIpc) is 2.82. The highest BCUT2D eigenvalue weighted by Gasteiger charge is 2.29. The third-order valence-corrected chi connectivity index (χ3v) is 4.10. The molecule has 2 aromatic rings. The number of nitrogens with one attached hydrogen (secondary N) is 2. The minimum atomic E-state index is -0.269. The van der Waals surface area contributed by atoms with Crippen molar-refractivity contribution in [3.05, 3.63) is 48.0 Å². The van der Waals surface area contributed by atoms with E-state index in [-0.39, 0.29) is 17.9 Å². The molecule has 1 aliphatic carbocycles. The first-order valence-corrected chi connectivity index (χ1v) is 7.43. The quantitative estimate of drug-likeness (QED) is 0.911. The standard InChI is InChI=1S/C16H19FN4O/c1-21-10-14(9-18-21)19-16(22)20-15(11-3-2-4-11)12-5-7-13(17)8-6-12/h5-11,15H,2-4H2,1H3,(H2,19,20,22)/t15-/m0/s1. The van der Waals surface area contributed by atoms with Crippen molar-refractivity contribution in [2.45, 2.75) is 25.3 Å². The Bertz CT molecular complexity index is 648.